The second kappa shape index (κ2) is 2.71. The van der Waals surface area contributed by atoms with Gasteiger partial charge in [0.1, 0.15) is 0 Å². The SMILES string of the molecule is C[CH2][Sn]([CH3])([CH3])[C](N)=O. The molecule has 3 heteroatoms. The fourth-order valence-corrected chi connectivity index (χ4v) is 1.17. The Morgan fingerprint density at radius 2 is 2.00 bits per heavy atom. The maximum atomic E-state index is 10.6. The Balaban J connectivity index is 3.91. The molecule has 0 fully saturated rings. The normalized spacial score (nSPS) is 11.4. The van der Waals surface area contributed by atoms with Crippen molar-refractivity contribution in [2.45, 2.75) is 21.2 Å². The Hall–Kier alpha value is 0.269. The molecule has 0 aromatic carbocycles. The summed E-state index contributed by atoms with van der Waals surface area (Å²) < 4.78 is 1.01. The molecule has 0 heterocycles. The number of carbonyl (C=O) groups excluding carboxylic acids is 1. The van der Waals surface area contributed by atoms with Gasteiger partial charge >= 0.3 is 54.1 Å². The van der Waals surface area contributed by atoms with Crippen LogP contribution < -0.4 is 5.73 Å². The van der Waals surface area contributed by atoms with Gasteiger partial charge in [0.05, 0.1) is 0 Å². The van der Waals surface area contributed by atoms with Gasteiger partial charge in [-0.05, 0) is 0 Å². The van der Waals surface area contributed by atoms with Gasteiger partial charge in [0, 0.05) is 0 Å². The molecular formula is C5H13NOSn. The molecule has 0 unspecified atom stereocenters. The second-order valence-electron chi connectivity index (χ2n) is 2.60. The summed E-state index contributed by atoms with van der Waals surface area (Å²) >= 11 is -2.28. The van der Waals surface area contributed by atoms with Gasteiger partial charge in [-0.15, -0.1) is 0 Å². The Morgan fingerprint density at radius 3 is 2.00 bits per heavy atom. The third kappa shape index (κ3) is 2.03. The third-order valence-electron chi connectivity index (χ3n) is 1.55. The van der Waals surface area contributed by atoms with Crippen LogP contribution in [0.1, 0.15) is 6.92 Å². The summed E-state index contributed by atoms with van der Waals surface area (Å²) in [6.07, 6.45) is 0. The van der Waals surface area contributed by atoms with E-state index in [0.29, 0.717) is 0 Å². The van der Waals surface area contributed by atoms with Gasteiger partial charge in [-0.3, -0.25) is 0 Å². The minimum atomic E-state index is -2.28. The first-order chi connectivity index (χ1) is 3.50. The van der Waals surface area contributed by atoms with E-state index in [4.69, 9.17) is 5.73 Å². The molecule has 2 N–H and O–H groups in total. The van der Waals surface area contributed by atoms with Gasteiger partial charge in [-0.2, -0.15) is 0 Å². The van der Waals surface area contributed by atoms with Crippen molar-refractivity contribution in [3.63, 3.8) is 0 Å². The Morgan fingerprint density at radius 1 is 1.62 bits per heavy atom. The van der Waals surface area contributed by atoms with E-state index in [0.717, 1.165) is 4.44 Å². The van der Waals surface area contributed by atoms with Crippen molar-refractivity contribution < 1.29 is 4.79 Å². The van der Waals surface area contributed by atoms with Crippen molar-refractivity contribution in [1.29, 1.82) is 0 Å². The summed E-state index contributed by atoms with van der Waals surface area (Å²) in [5.74, 6) is 0. The number of carbonyl (C=O) groups is 1. The van der Waals surface area contributed by atoms with E-state index in [1.54, 1.807) is 0 Å². The molecule has 0 aromatic heterocycles. The molecule has 0 aliphatic heterocycles. The van der Waals surface area contributed by atoms with Crippen LogP contribution in [0.3, 0.4) is 0 Å². The van der Waals surface area contributed by atoms with E-state index in [1.807, 2.05) is 6.92 Å². The molecule has 0 aliphatic rings. The van der Waals surface area contributed by atoms with Crippen LogP contribution >= 0.6 is 0 Å². The zero-order chi connectivity index (χ0) is 6.78. The Kier molecular flexibility index (Phi) is 2.80. The summed E-state index contributed by atoms with van der Waals surface area (Å²) in [7, 11) is 0. The average Bonchev–Trinajstić information content (AvgIpc) is 1.67. The van der Waals surface area contributed by atoms with E-state index in [1.165, 1.54) is 0 Å². The van der Waals surface area contributed by atoms with E-state index in [2.05, 4.69) is 9.88 Å². The zero-order valence-electron chi connectivity index (χ0n) is 5.69. The first-order valence-corrected chi connectivity index (χ1v) is 12.0. The predicted molar refractivity (Wildman–Crippen MR) is 37.5 cm³/mol. The number of primary amides is 1. The summed E-state index contributed by atoms with van der Waals surface area (Å²) in [6, 6.07) is 0. The molecule has 0 radical (unpaired) electrons. The van der Waals surface area contributed by atoms with Gasteiger partial charge in [0.2, 0.25) is 0 Å². The van der Waals surface area contributed by atoms with Crippen LogP contribution in [0.5, 0.6) is 0 Å². The summed E-state index contributed by atoms with van der Waals surface area (Å²) in [4.78, 5) is 14.7. The molecule has 8 heavy (non-hydrogen) atoms. The molecule has 0 bridgehead atoms. The van der Waals surface area contributed by atoms with Crippen LogP contribution in [0.4, 0.5) is 4.79 Å². The number of rotatable bonds is 2. The predicted octanol–water partition coefficient (Wildman–Crippen LogP) is 1.38. The summed E-state index contributed by atoms with van der Waals surface area (Å²) in [6.45, 7) is 2.04. The van der Waals surface area contributed by atoms with Gasteiger partial charge in [-0.25, -0.2) is 0 Å². The first kappa shape index (κ1) is 8.27. The van der Waals surface area contributed by atoms with Crippen molar-refractivity contribution >= 4 is 22.3 Å². The number of hydrogen-bond donors (Lipinski definition) is 1. The fourth-order valence-electron chi connectivity index (χ4n) is 0.174. The van der Waals surface area contributed by atoms with E-state index >= 15 is 0 Å². The summed E-state index contributed by atoms with van der Waals surface area (Å²) in [5, 5.41) is 0. The van der Waals surface area contributed by atoms with Gasteiger partial charge < -0.3 is 0 Å². The number of nitrogens with two attached hydrogens (primary N) is 1. The first-order valence-electron chi connectivity index (χ1n) is 2.80. The molecule has 0 saturated heterocycles. The molecule has 0 saturated carbocycles. The third-order valence-corrected chi connectivity index (χ3v) is 10.4. The topological polar surface area (TPSA) is 43.1 Å². The van der Waals surface area contributed by atoms with Crippen molar-refractivity contribution in [2.75, 3.05) is 0 Å². The van der Waals surface area contributed by atoms with Crippen LogP contribution in [-0.4, -0.2) is 22.3 Å². The minimum absolute atomic E-state index is 0.0122. The zero-order valence-corrected chi connectivity index (χ0v) is 8.55. The van der Waals surface area contributed by atoms with Crippen molar-refractivity contribution in [3.05, 3.63) is 0 Å². The molecule has 48 valence electrons. The molecule has 0 spiro atoms. The van der Waals surface area contributed by atoms with Crippen molar-refractivity contribution in [3.8, 4) is 0 Å². The number of hydrogen-bond acceptors (Lipinski definition) is 1. The molecule has 0 aromatic rings. The summed E-state index contributed by atoms with van der Waals surface area (Å²) in [5.41, 5.74) is 5.14. The molecule has 2 nitrogen and oxygen atoms in total. The van der Waals surface area contributed by atoms with E-state index in [9.17, 15) is 4.79 Å². The molecule has 0 aliphatic carbocycles. The molecular weight excluding hydrogens is 209 g/mol. The van der Waals surface area contributed by atoms with Crippen LogP contribution in [0.15, 0.2) is 0 Å². The Labute approximate surface area is 54.3 Å². The molecule has 0 atom stereocenters. The average molecular weight is 222 g/mol. The van der Waals surface area contributed by atoms with Crippen molar-refractivity contribution in [2.24, 2.45) is 5.73 Å². The van der Waals surface area contributed by atoms with Crippen LogP contribution in [-0.2, 0) is 0 Å². The van der Waals surface area contributed by atoms with E-state index < -0.39 is 18.4 Å². The fraction of sp³-hybridized carbons (Fsp3) is 0.800. The Bertz CT molecular complexity index is 101. The molecule has 1 amide bonds. The van der Waals surface area contributed by atoms with Crippen LogP contribution in [0.2, 0.25) is 14.3 Å². The van der Waals surface area contributed by atoms with E-state index in [-0.39, 0.29) is 3.92 Å². The van der Waals surface area contributed by atoms with Gasteiger partial charge in [0.15, 0.2) is 0 Å². The van der Waals surface area contributed by atoms with Crippen LogP contribution in [0.25, 0.3) is 0 Å². The van der Waals surface area contributed by atoms with Gasteiger partial charge in [0.25, 0.3) is 0 Å². The van der Waals surface area contributed by atoms with Crippen molar-refractivity contribution in [1.82, 2.24) is 0 Å². The molecule has 0 rings (SSSR count). The monoisotopic (exact) mass is 223 g/mol. The quantitative estimate of drug-likeness (QED) is 0.704. The maximum absolute atomic E-state index is 10.6. The number of amides is 1. The second-order valence-corrected chi connectivity index (χ2v) is 16.8. The standard InChI is InChI=1S/C2H5.CH2NO.2CH3.Sn/c1-2;2-1-3;;;/h1H2,2H3;(H2,2,3);2*1H3;. The van der Waals surface area contributed by atoms with Crippen LogP contribution in [0, 0.1) is 0 Å². The van der Waals surface area contributed by atoms with Gasteiger partial charge in [-0.1, -0.05) is 0 Å².